The molecule has 0 aromatic carbocycles. The second-order valence-electron chi connectivity index (χ2n) is 16.1. The van der Waals surface area contributed by atoms with Gasteiger partial charge in [0.05, 0.1) is 17.3 Å². The monoisotopic (exact) mass is 612 g/mol. The topological polar surface area (TPSA) is 76.0 Å². The Hall–Kier alpha value is -0.170. The van der Waals surface area contributed by atoms with Gasteiger partial charge in [0.15, 0.2) is 0 Å². The number of alkyl halides is 1. The summed E-state index contributed by atoms with van der Waals surface area (Å²) in [4.78, 5) is 12.2. The molecule has 4 fully saturated rings. The van der Waals surface area contributed by atoms with Crippen LogP contribution in [0, 0.1) is 45.3 Å². The van der Waals surface area contributed by atoms with E-state index in [2.05, 4.69) is 64.4 Å². The fourth-order valence-electron chi connectivity index (χ4n) is 11.0. The van der Waals surface area contributed by atoms with Crippen molar-refractivity contribution < 1.29 is 24.5 Å². The lowest BCUT2D eigenvalue weighted by Gasteiger charge is -2.70. The zero-order valence-electron chi connectivity index (χ0n) is 26.2. The number of hydrogen-bond donors (Lipinski definition) is 2. The minimum absolute atomic E-state index is 0.00676. The van der Waals surface area contributed by atoms with E-state index < -0.39 is 11.7 Å². The number of carbonyl (C=O) groups excluding carboxylic acids is 1. The summed E-state index contributed by atoms with van der Waals surface area (Å²) in [7, 11) is 1.76. The van der Waals surface area contributed by atoms with Crippen LogP contribution in [0.1, 0.15) is 120 Å². The highest BCUT2D eigenvalue weighted by molar-refractivity contribution is 9.09. The van der Waals surface area contributed by atoms with Crippen LogP contribution >= 0.6 is 15.9 Å². The largest absolute Gasteiger partial charge is 0.461 e. The van der Waals surface area contributed by atoms with Gasteiger partial charge in [0.25, 0.3) is 0 Å². The Kier molecular flexibility index (Phi) is 8.57. The van der Waals surface area contributed by atoms with E-state index in [0.29, 0.717) is 11.8 Å². The van der Waals surface area contributed by atoms with Crippen LogP contribution in [0.5, 0.6) is 0 Å². The summed E-state index contributed by atoms with van der Waals surface area (Å²) in [6.07, 6.45) is 9.17. The highest BCUT2D eigenvalue weighted by atomic mass is 79.9. The summed E-state index contributed by atoms with van der Waals surface area (Å²) in [6, 6.07) is 0. The number of hydrogen-bond acceptors (Lipinski definition) is 5. The maximum absolute atomic E-state index is 12.2. The maximum atomic E-state index is 12.2. The molecule has 0 aromatic heterocycles. The molecule has 10 atom stereocenters. The smallest absolute Gasteiger partial charge is 0.316 e. The number of aliphatic hydroxyl groups excluding tert-OH is 1. The number of fused-ring (bicyclic) bond motifs is 5. The summed E-state index contributed by atoms with van der Waals surface area (Å²) >= 11 is 3.27. The molecule has 0 saturated heterocycles. The highest BCUT2D eigenvalue weighted by Gasteiger charge is 2.71. The van der Waals surface area contributed by atoms with Gasteiger partial charge in [-0.15, -0.1) is 0 Å². The first-order chi connectivity index (χ1) is 17.9. The number of ether oxygens (including phenoxy) is 2. The zero-order valence-corrected chi connectivity index (χ0v) is 27.8. The van der Waals surface area contributed by atoms with Crippen molar-refractivity contribution in [2.75, 3.05) is 12.4 Å². The number of esters is 1. The van der Waals surface area contributed by atoms with Gasteiger partial charge in [-0.3, -0.25) is 4.79 Å². The minimum Gasteiger partial charge on any atom is -0.461 e. The fraction of sp³-hybridized carbons (Fsp3) is 0.970. The van der Waals surface area contributed by atoms with Crippen molar-refractivity contribution in [3.63, 3.8) is 0 Å². The number of rotatable bonds is 8. The number of aliphatic hydroxyl groups is 2. The molecule has 226 valence electrons. The van der Waals surface area contributed by atoms with Gasteiger partial charge in [-0.1, -0.05) is 50.5 Å². The second kappa shape index (κ2) is 10.5. The Morgan fingerprint density at radius 1 is 0.949 bits per heavy atom. The Morgan fingerprint density at radius 2 is 1.59 bits per heavy atom. The lowest BCUT2D eigenvalue weighted by Crippen LogP contribution is -2.66. The molecule has 0 aliphatic heterocycles. The van der Waals surface area contributed by atoms with Crippen molar-refractivity contribution in [2.45, 2.75) is 143 Å². The molecule has 39 heavy (non-hydrogen) atoms. The molecule has 0 bridgehead atoms. The fourth-order valence-corrected chi connectivity index (χ4v) is 11.1. The lowest BCUT2D eigenvalue weighted by atomic mass is 9.35. The summed E-state index contributed by atoms with van der Waals surface area (Å²) in [5, 5.41) is 24.1. The van der Waals surface area contributed by atoms with E-state index in [-0.39, 0.29) is 56.5 Å². The van der Waals surface area contributed by atoms with E-state index in [1.165, 1.54) is 0 Å². The molecule has 0 aromatic rings. The van der Waals surface area contributed by atoms with Crippen LogP contribution in [0.15, 0.2) is 0 Å². The van der Waals surface area contributed by atoms with Gasteiger partial charge in [-0.05, 0) is 125 Å². The Morgan fingerprint density at radius 3 is 2.21 bits per heavy atom. The van der Waals surface area contributed by atoms with Gasteiger partial charge >= 0.3 is 5.97 Å². The average Bonchev–Trinajstić information content (AvgIpc) is 3.23. The molecular formula is C33H57BrO5. The molecule has 4 aliphatic carbocycles. The highest BCUT2D eigenvalue weighted by Crippen LogP contribution is 2.76. The van der Waals surface area contributed by atoms with Crippen LogP contribution in [-0.2, 0) is 14.3 Å². The quantitative estimate of drug-likeness (QED) is 0.222. The Bertz CT molecular complexity index is 916. The predicted octanol–water partition coefficient (Wildman–Crippen LogP) is 7.30. The van der Waals surface area contributed by atoms with Gasteiger partial charge in [0, 0.05) is 12.5 Å². The molecular weight excluding hydrogens is 556 g/mol. The lowest BCUT2D eigenvalue weighted by molar-refractivity contribution is -0.249. The standard InChI is InChI=1S/C33H57BrO5/c1-28(2,38-9)14-10-15-33(8,37)21-11-17-32(7)27(21)22(35)19-24-30(5)16-13-25(39-26(36)20-34)29(3,4)23(30)12-18-31(24,32)6/h21-25,27,35,37H,10-20H2,1-9H3/t21-,22+,23-,24+,25-,27-,30-,31+,32+,33+/m0/s1. The van der Waals surface area contributed by atoms with Gasteiger partial charge in [0.1, 0.15) is 11.4 Å². The van der Waals surface area contributed by atoms with Crippen LogP contribution in [0.3, 0.4) is 0 Å². The van der Waals surface area contributed by atoms with Crippen molar-refractivity contribution >= 4 is 21.9 Å². The van der Waals surface area contributed by atoms with Crippen molar-refractivity contribution in [1.29, 1.82) is 0 Å². The summed E-state index contributed by atoms with van der Waals surface area (Å²) < 4.78 is 11.6. The molecule has 4 aliphatic rings. The van der Waals surface area contributed by atoms with Crippen LogP contribution in [-0.4, -0.2) is 52.0 Å². The SMILES string of the molecule is COC(C)(C)CCC[C@@](C)(O)[C@H]1CC[C@]2(C)[C@@H]1[C@H](O)C[C@@H]1[C@@]3(C)CC[C@H](OC(=O)CBr)C(C)(C)[C@@H]3CC[C@]12C. The minimum atomic E-state index is -0.795. The molecule has 0 heterocycles. The average molecular weight is 614 g/mol. The van der Waals surface area contributed by atoms with E-state index in [1.807, 2.05) is 6.92 Å². The molecule has 0 amide bonds. The Balaban J connectivity index is 1.58. The second-order valence-corrected chi connectivity index (χ2v) is 16.7. The van der Waals surface area contributed by atoms with Gasteiger partial charge < -0.3 is 19.7 Å². The molecule has 2 N–H and O–H groups in total. The molecule has 0 radical (unpaired) electrons. The summed E-state index contributed by atoms with van der Waals surface area (Å²) in [6.45, 7) is 18.3. The van der Waals surface area contributed by atoms with E-state index >= 15 is 0 Å². The predicted molar refractivity (Wildman–Crippen MR) is 160 cm³/mol. The van der Waals surface area contributed by atoms with Crippen LogP contribution in [0.2, 0.25) is 0 Å². The van der Waals surface area contributed by atoms with Crippen LogP contribution in [0.4, 0.5) is 0 Å². The van der Waals surface area contributed by atoms with E-state index in [4.69, 9.17) is 9.47 Å². The van der Waals surface area contributed by atoms with Crippen LogP contribution < -0.4 is 0 Å². The first-order valence-corrected chi connectivity index (χ1v) is 16.7. The number of carbonyl (C=O) groups is 1. The molecule has 5 nitrogen and oxygen atoms in total. The molecule has 0 unspecified atom stereocenters. The number of halogens is 1. The molecule has 4 rings (SSSR count). The van der Waals surface area contributed by atoms with Gasteiger partial charge in [-0.2, -0.15) is 0 Å². The van der Waals surface area contributed by atoms with Crippen molar-refractivity contribution in [3.05, 3.63) is 0 Å². The van der Waals surface area contributed by atoms with E-state index in [9.17, 15) is 15.0 Å². The molecule has 4 saturated carbocycles. The first-order valence-electron chi connectivity index (χ1n) is 15.6. The Labute approximate surface area is 246 Å². The third-order valence-corrected chi connectivity index (χ3v) is 14.0. The summed E-state index contributed by atoms with van der Waals surface area (Å²) in [5.41, 5.74) is -0.884. The zero-order chi connectivity index (χ0) is 29.2. The molecule has 6 heteroatoms. The van der Waals surface area contributed by atoms with Crippen molar-refractivity contribution in [1.82, 2.24) is 0 Å². The molecule has 0 spiro atoms. The normalized spacial score (nSPS) is 45.0. The summed E-state index contributed by atoms with van der Waals surface area (Å²) in [5.74, 6) is 0.923. The third kappa shape index (κ3) is 5.07. The van der Waals surface area contributed by atoms with E-state index in [1.54, 1.807) is 7.11 Å². The van der Waals surface area contributed by atoms with Crippen molar-refractivity contribution in [2.24, 2.45) is 45.3 Å². The first kappa shape index (κ1) is 31.8. The van der Waals surface area contributed by atoms with Gasteiger partial charge in [-0.25, -0.2) is 0 Å². The van der Waals surface area contributed by atoms with Crippen molar-refractivity contribution in [3.8, 4) is 0 Å². The third-order valence-electron chi connectivity index (χ3n) is 13.5. The van der Waals surface area contributed by atoms with Crippen LogP contribution in [0.25, 0.3) is 0 Å². The number of methoxy groups -OCH3 is 1. The van der Waals surface area contributed by atoms with Gasteiger partial charge in [0.2, 0.25) is 0 Å². The van der Waals surface area contributed by atoms with E-state index in [0.717, 1.165) is 64.2 Å². The maximum Gasteiger partial charge on any atom is 0.316 e.